The average molecular weight is 566 g/mol. The molecule has 0 aliphatic carbocycles. The molecule has 0 N–H and O–H groups in total. The Morgan fingerprint density at radius 2 is 1.23 bits per heavy atom. The number of hydrogen-bond acceptors (Lipinski definition) is 3. The lowest BCUT2D eigenvalue weighted by Crippen LogP contribution is -2.51. The topological polar surface area (TPSA) is 29.0 Å². The predicted octanol–water partition coefficient (Wildman–Crippen LogP) is 10.6. The summed E-state index contributed by atoms with van der Waals surface area (Å²) in [6, 6.07) is 37.3. The SMILES string of the molecule is CC1(C)c2ccccc2N(c2cccc(C(c3ccccn3)(C(C)(C)C)C(C)(C)C)c2)c2cc(-c3ccccn3)ccc21. The van der Waals surface area contributed by atoms with Gasteiger partial charge < -0.3 is 4.90 Å². The van der Waals surface area contributed by atoms with Crippen molar-refractivity contribution in [3.63, 3.8) is 0 Å². The fourth-order valence-corrected chi connectivity index (χ4v) is 8.06. The van der Waals surface area contributed by atoms with E-state index in [9.17, 15) is 0 Å². The van der Waals surface area contributed by atoms with E-state index in [0.29, 0.717) is 0 Å². The molecular formula is C40H43N3. The van der Waals surface area contributed by atoms with Crippen LogP contribution in [0.15, 0.2) is 116 Å². The van der Waals surface area contributed by atoms with E-state index in [1.165, 1.54) is 28.1 Å². The van der Waals surface area contributed by atoms with Gasteiger partial charge in [-0.1, -0.05) is 110 Å². The highest BCUT2D eigenvalue weighted by molar-refractivity contribution is 5.88. The minimum Gasteiger partial charge on any atom is -0.310 e. The monoisotopic (exact) mass is 565 g/mol. The molecule has 0 saturated carbocycles. The molecule has 218 valence electrons. The van der Waals surface area contributed by atoms with Gasteiger partial charge in [0.25, 0.3) is 0 Å². The van der Waals surface area contributed by atoms with E-state index in [2.05, 4.69) is 156 Å². The van der Waals surface area contributed by atoms with Crippen LogP contribution in [0.5, 0.6) is 0 Å². The van der Waals surface area contributed by atoms with Gasteiger partial charge in [0.2, 0.25) is 0 Å². The van der Waals surface area contributed by atoms with Crippen LogP contribution in [0.4, 0.5) is 17.1 Å². The Kier molecular flexibility index (Phi) is 6.84. The Labute approximate surface area is 257 Å². The molecule has 3 heterocycles. The molecule has 2 aromatic heterocycles. The summed E-state index contributed by atoms with van der Waals surface area (Å²) in [6.07, 6.45) is 3.80. The zero-order valence-corrected chi connectivity index (χ0v) is 26.8. The summed E-state index contributed by atoms with van der Waals surface area (Å²) < 4.78 is 0. The van der Waals surface area contributed by atoms with Crippen LogP contribution in [0, 0.1) is 10.8 Å². The van der Waals surface area contributed by atoms with E-state index in [0.717, 1.165) is 22.6 Å². The molecule has 0 atom stereocenters. The van der Waals surface area contributed by atoms with Gasteiger partial charge in [-0.05, 0) is 76.1 Å². The Hall–Kier alpha value is -4.24. The van der Waals surface area contributed by atoms with E-state index in [4.69, 9.17) is 4.98 Å². The maximum Gasteiger partial charge on any atom is 0.0702 e. The van der Waals surface area contributed by atoms with Crippen LogP contribution in [0.1, 0.15) is 77.8 Å². The first-order valence-corrected chi connectivity index (χ1v) is 15.3. The number of benzene rings is 3. The molecule has 6 rings (SSSR count). The first kappa shape index (κ1) is 28.9. The maximum atomic E-state index is 5.02. The third-order valence-corrected chi connectivity index (χ3v) is 9.53. The van der Waals surface area contributed by atoms with Crippen molar-refractivity contribution in [1.29, 1.82) is 0 Å². The quantitative estimate of drug-likeness (QED) is 0.217. The van der Waals surface area contributed by atoms with Crippen LogP contribution >= 0.6 is 0 Å². The Morgan fingerprint density at radius 1 is 0.581 bits per heavy atom. The first-order valence-electron chi connectivity index (χ1n) is 15.3. The number of para-hydroxylation sites is 1. The minimum atomic E-state index is -0.357. The standard InChI is InChI=1S/C40H43N3/c1-37(2,3)40(38(4,5)6,36-21-12-14-25-42-36)29-16-15-17-30(27-29)43-34-20-10-9-18-31(34)39(7,8)32-23-22-28(26-35(32)43)33-19-11-13-24-41-33/h9-27H,1-8H3. The van der Waals surface area contributed by atoms with Crippen LogP contribution in [0.2, 0.25) is 0 Å². The van der Waals surface area contributed by atoms with Crippen molar-refractivity contribution < 1.29 is 0 Å². The molecule has 0 spiro atoms. The molecule has 43 heavy (non-hydrogen) atoms. The zero-order chi connectivity index (χ0) is 30.6. The highest BCUT2D eigenvalue weighted by atomic mass is 15.2. The van der Waals surface area contributed by atoms with Gasteiger partial charge in [0.1, 0.15) is 0 Å². The van der Waals surface area contributed by atoms with Crippen molar-refractivity contribution in [3.05, 3.63) is 138 Å². The summed E-state index contributed by atoms with van der Waals surface area (Å²) in [6.45, 7) is 18.8. The number of hydrogen-bond donors (Lipinski definition) is 0. The fourth-order valence-electron chi connectivity index (χ4n) is 8.06. The van der Waals surface area contributed by atoms with Crippen LogP contribution in [-0.2, 0) is 10.8 Å². The number of rotatable bonds is 4. The molecule has 3 nitrogen and oxygen atoms in total. The second-order valence-corrected chi connectivity index (χ2v) is 14.4. The van der Waals surface area contributed by atoms with E-state index < -0.39 is 0 Å². The lowest BCUT2D eigenvalue weighted by Gasteiger charge is -2.54. The van der Waals surface area contributed by atoms with Crippen LogP contribution in [0.3, 0.4) is 0 Å². The Morgan fingerprint density at radius 3 is 1.88 bits per heavy atom. The molecule has 1 aliphatic rings. The van der Waals surface area contributed by atoms with Crippen molar-refractivity contribution in [1.82, 2.24) is 9.97 Å². The molecule has 0 amide bonds. The smallest absolute Gasteiger partial charge is 0.0702 e. The van der Waals surface area contributed by atoms with Gasteiger partial charge in [-0.25, -0.2) is 0 Å². The van der Waals surface area contributed by atoms with Crippen molar-refractivity contribution in [2.45, 2.75) is 66.2 Å². The molecule has 3 aromatic carbocycles. The third kappa shape index (κ3) is 4.49. The molecule has 0 bridgehead atoms. The van der Waals surface area contributed by atoms with Crippen molar-refractivity contribution >= 4 is 17.1 Å². The first-order chi connectivity index (χ1) is 20.4. The third-order valence-electron chi connectivity index (χ3n) is 9.53. The largest absolute Gasteiger partial charge is 0.310 e. The average Bonchev–Trinajstić information content (AvgIpc) is 2.97. The minimum absolute atomic E-state index is 0.121. The predicted molar refractivity (Wildman–Crippen MR) is 180 cm³/mol. The van der Waals surface area contributed by atoms with Crippen molar-refractivity contribution in [2.24, 2.45) is 10.8 Å². The summed E-state index contributed by atoms with van der Waals surface area (Å²) in [5.41, 5.74) is 9.89. The molecule has 0 saturated heterocycles. The highest BCUT2D eigenvalue weighted by Gasteiger charge is 2.54. The van der Waals surface area contributed by atoms with Gasteiger partial charge in [0.15, 0.2) is 0 Å². The summed E-state index contributed by atoms with van der Waals surface area (Å²) >= 11 is 0. The molecular weight excluding hydrogens is 522 g/mol. The normalized spacial score (nSPS) is 14.7. The van der Waals surface area contributed by atoms with Crippen molar-refractivity contribution in [3.8, 4) is 11.3 Å². The van der Waals surface area contributed by atoms with Gasteiger partial charge >= 0.3 is 0 Å². The van der Waals surface area contributed by atoms with Gasteiger partial charge in [-0.2, -0.15) is 0 Å². The summed E-state index contributed by atoms with van der Waals surface area (Å²) in [4.78, 5) is 12.2. The molecule has 0 fully saturated rings. The molecule has 0 radical (unpaired) electrons. The van der Waals surface area contributed by atoms with E-state index in [-0.39, 0.29) is 21.7 Å². The van der Waals surface area contributed by atoms with E-state index >= 15 is 0 Å². The molecule has 0 unspecified atom stereocenters. The van der Waals surface area contributed by atoms with Gasteiger partial charge in [-0.3, -0.25) is 9.97 Å². The number of pyridine rings is 2. The van der Waals surface area contributed by atoms with E-state index in [1.54, 1.807) is 0 Å². The number of aromatic nitrogens is 2. The molecule has 5 aromatic rings. The lowest BCUT2D eigenvalue weighted by molar-refractivity contribution is 0.0866. The van der Waals surface area contributed by atoms with Gasteiger partial charge in [0, 0.05) is 34.5 Å². The number of nitrogens with zero attached hydrogens (tertiary/aromatic N) is 3. The van der Waals surface area contributed by atoms with E-state index in [1.807, 2.05) is 24.5 Å². The molecule has 3 heteroatoms. The lowest BCUT2D eigenvalue weighted by atomic mass is 9.49. The Bertz CT molecular complexity index is 1740. The zero-order valence-electron chi connectivity index (χ0n) is 26.8. The second-order valence-electron chi connectivity index (χ2n) is 14.4. The van der Waals surface area contributed by atoms with Gasteiger partial charge in [-0.15, -0.1) is 0 Å². The fraction of sp³-hybridized carbons (Fsp3) is 0.300. The second kappa shape index (κ2) is 10.2. The van der Waals surface area contributed by atoms with Crippen LogP contribution in [0.25, 0.3) is 11.3 Å². The van der Waals surface area contributed by atoms with Crippen LogP contribution < -0.4 is 4.90 Å². The number of fused-ring (bicyclic) bond motifs is 2. The van der Waals surface area contributed by atoms with Crippen LogP contribution in [-0.4, -0.2) is 9.97 Å². The molecule has 1 aliphatic heterocycles. The summed E-state index contributed by atoms with van der Waals surface area (Å²) in [7, 11) is 0. The maximum absolute atomic E-state index is 5.02. The van der Waals surface area contributed by atoms with Gasteiger partial charge in [0.05, 0.1) is 22.8 Å². The van der Waals surface area contributed by atoms with Crippen molar-refractivity contribution in [2.75, 3.05) is 4.90 Å². The Balaban J connectivity index is 1.64. The summed E-state index contributed by atoms with van der Waals surface area (Å²) in [5, 5.41) is 0. The highest BCUT2D eigenvalue weighted by Crippen LogP contribution is 2.58. The number of anilines is 3. The summed E-state index contributed by atoms with van der Waals surface area (Å²) in [5.74, 6) is 0.